The van der Waals surface area contributed by atoms with Crippen LogP contribution in [0.2, 0.25) is 0 Å². The first-order chi connectivity index (χ1) is 12.8. The van der Waals surface area contributed by atoms with Crippen molar-refractivity contribution in [3.8, 4) is 5.75 Å². The van der Waals surface area contributed by atoms with Crippen LogP contribution in [-0.4, -0.2) is 52.6 Å². The van der Waals surface area contributed by atoms with Crippen molar-refractivity contribution in [1.82, 2.24) is 10.6 Å². The lowest BCUT2D eigenvalue weighted by molar-refractivity contribution is 0.129. The second-order valence-electron chi connectivity index (χ2n) is 5.93. The van der Waals surface area contributed by atoms with Gasteiger partial charge in [-0.15, -0.1) is 0 Å². The highest BCUT2D eigenvalue weighted by molar-refractivity contribution is 5.79. The summed E-state index contributed by atoms with van der Waals surface area (Å²) in [6.07, 6.45) is 3.27. The van der Waals surface area contributed by atoms with Crippen LogP contribution in [0.5, 0.6) is 5.75 Å². The lowest BCUT2D eigenvalue weighted by atomic mass is 10.2. The van der Waals surface area contributed by atoms with Gasteiger partial charge >= 0.3 is 0 Å². The monoisotopic (exact) mass is 365 g/mol. The van der Waals surface area contributed by atoms with Crippen molar-refractivity contribution >= 4 is 5.96 Å². The minimum atomic E-state index is 0.549. The molecule has 1 aromatic carbocycles. The number of benzene rings is 1. The van der Waals surface area contributed by atoms with E-state index in [2.05, 4.69) is 35.5 Å². The molecule has 0 fully saturated rings. The van der Waals surface area contributed by atoms with Crippen LogP contribution in [0, 0.1) is 0 Å². The van der Waals surface area contributed by atoms with Gasteiger partial charge in [0.25, 0.3) is 0 Å². The summed E-state index contributed by atoms with van der Waals surface area (Å²) in [6.45, 7) is 9.29. The van der Waals surface area contributed by atoms with Gasteiger partial charge in [-0.2, -0.15) is 0 Å². The van der Waals surface area contributed by atoms with E-state index in [-0.39, 0.29) is 0 Å². The summed E-state index contributed by atoms with van der Waals surface area (Å²) >= 11 is 0. The standard InChI is InChI=1S/C20H35N3O3/c1-4-6-12-25-13-8-11-22-20(21-5-2)23-17-18-9-7-10-19(16-18)26-15-14-24-3/h7,9-10,16H,4-6,8,11-15,17H2,1-3H3,(H2,21,22,23). The van der Waals surface area contributed by atoms with E-state index in [1.807, 2.05) is 18.2 Å². The molecular formula is C20H35N3O3. The molecule has 0 unspecified atom stereocenters. The van der Waals surface area contributed by atoms with E-state index in [0.29, 0.717) is 19.8 Å². The van der Waals surface area contributed by atoms with E-state index >= 15 is 0 Å². The first-order valence-corrected chi connectivity index (χ1v) is 9.60. The lowest BCUT2D eigenvalue weighted by Gasteiger charge is -2.12. The molecular weight excluding hydrogens is 330 g/mol. The molecule has 0 aliphatic carbocycles. The summed E-state index contributed by atoms with van der Waals surface area (Å²) in [4.78, 5) is 4.64. The van der Waals surface area contributed by atoms with Gasteiger partial charge in [0, 0.05) is 33.4 Å². The van der Waals surface area contributed by atoms with E-state index in [1.165, 1.54) is 6.42 Å². The van der Waals surface area contributed by atoms with Crippen molar-refractivity contribution in [2.24, 2.45) is 4.99 Å². The molecule has 2 N–H and O–H groups in total. The number of nitrogens with zero attached hydrogens (tertiary/aromatic N) is 1. The van der Waals surface area contributed by atoms with Gasteiger partial charge in [-0.25, -0.2) is 4.99 Å². The molecule has 26 heavy (non-hydrogen) atoms. The number of nitrogens with one attached hydrogen (secondary N) is 2. The van der Waals surface area contributed by atoms with Gasteiger partial charge in [0.05, 0.1) is 13.2 Å². The SMILES string of the molecule is CCCCOCCCNC(=NCc1cccc(OCCOC)c1)NCC. The Balaban J connectivity index is 2.39. The molecule has 0 amide bonds. The Morgan fingerprint density at radius 1 is 1.04 bits per heavy atom. The molecule has 6 nitrogen and oxygen atoms in total. The number of unbranched alkanes of at least 4 members (excludes halogenated alkanes) is 1. The molecule has 0 radical (unpaired) electrons. The van der Waals surface area contributed by atoms with Crippen LogP contribution in [0.3, 0.4) is 0 Å². The van der Waals surface area contributed by atoms with E-state index < -0.39 is 0 Å². The lowest BCUT2D eigenvalue weighted by Crippen LogP contribution is -2.38. The summed E-state index contributed by atoms with van der Waals surface area (Å²) in [5, 5.41) is 6.62. The Bertz CT molecular complexity index is 495. The van der Waals surface area contributed by atoms with E-state index in [0.717, 1.165) is 56.4 Å². The molecule has 0 aliphatic rings. The zero-order valence-electron chi connectivity index (χ0n) is 16.6. The molecule has 0 bridgehead atoms. The average Bonchev–Trinajstić information content (AvgIpc) is 2.66. The number of guanidine groups is 1. The zero-order chi connectivity index (χ0) is 18.9. The van der Waals surface area contributed by atoms with Gasteiger partial charge in [0.1, 0.15) is 12.4 Å². The van der Waals surface area contributed by atoms with Crippen molar-refractivity contribution in [1.29, 1.82) is 0 Å². The topological polar surface area (TPSA) is 64.1 Å². The summed E-state index contributed by atoms with van der Waals surface area (Å²) in [5.74, 6) is 1.67. The summed E-state index contributed by atoms with van der Waals surface area (Å²) in [5.41, 5.74) is 1.11. The first kappa shape index (κ1) is 22.3. The fourth-order valence-corrected chi connectivity index (χ4v) is 2.22. The Morgan fingerprint density at radius 3 is 2.65 bits per heavy atom. The zero-order valence-corrected chi connectivity index (χ0v) is 16.6. The third-order valence-electron chi connectivity index (χ3n) is 3.62. The third kappa shape index (κ3) is 10.9. The minimum absolute atomic E-state index is 0.549. The molecule has 0 spiro atoms. The highest BCUT2D eigenvalue weighted by atomic mass is 16.5. The van der Waals surface area contributed by atoms with Crippen LogP contribution < -0.4 is 15.4 Å². The van der Waals surface area contributed by atoms with Gasteiger partial charge in [0.2, 0.25) is 0 Å². The molecule has 0 aromatic heterocycles. The largest absolute Gasteiger partial charge is 0.491 e. The Labute approximate surface area is 158 Å². The number of hydrogen-bond donors (Lipinski definition) is 2. The van der Waals surface area contributed by atoms with E-state index in [4.69, 9.17) is 14.2 Å². The molecule has 0 saturated carbocycles. The molecule has 0 saturated heterocycles. The number of rotatable bonds is 14. The maximum Gasteiger partial charge on any atom is 0.191 e. The molecule has 1 aromatic rings. The molecule has 6 heteroatoms. The minimum Gasteiger partial charge on any atom is -0.491 e. The van der Waals surface area contributed by atoms with Gasteiger partial charge in [-0.1, -0.05) is 25.5 Å². The fraction of sp³-hybridized carbons (Fsp3) is 0.650. The maximum atomic E-state index is 5.64. The highest BCUT2D eigenvalue weighted by Gasteiger charge is 2.00. The van der Waals surface area contributed by atoms with Crippen molar-refractivity contribution in [3.05, 3.63) is 29.8 Å². The number of aliphatic imine (C=N–C) groups is 1. The molecule has 0 atom stereocenters. The van der Waals surface area contributed by atoms with E-state index in [1.54, 1.807) is 7.11 Å². The second kappa shape index (κ2) is 15.5. The second-order valence-corrected chi connectivity index (χ2v) is 5.93. The molecule has 148 valence electrons. The van der Waals surface area contributed by atoms with Crippen LogP contribution >= 0.6 is 0 Å². The molecule has 0 heterocycles. The predicted molar refractivity (Wildman–Crippen MR) is 107 cm³/mol. The quantitative estimate of drug-likeness (QED) is 0.301. The first-order valence-electron chi connectivity index (χ1n) is 9.60. The third-order valence-corrected chi connectivity index (χ3v) is 3.62. The number of methoxy groups -OCH3 is 1. The van der Waals surface area contributed by atoms with Crippen molar-refractivity contribution in [2.75, 3.05) is 46.6 Å². The number of ether oxygens (including phenoxy) is 3. The summed E-state index contributed by atoms with van der Waals surface area (Å²) < 4.78 is 16.2. The maximum absolute atomic E-state index is 5.64. The predicted octanol–water partition coefficient (Wildman–Crippen LogP) is 2.97. The van der Waals surface area contributed by atoms with Gasteiger partial charge in [-0.05, 0) is 37.5 Å². The fourth-order valence-electron chi connectivity index (χ4n) is 2.22. The van der Waals surface area contributed by atoms with Crippen LogP contribution in [0.25, 0.3) is 0 Å². The highest BCUT2D eigenvalue weighted by Crippen LogP contribution is 2.14. The number of hydrogen-bond acceptors (Lipinski definition) is 4. The van der Waals surface area contributed by atoms with Crippen molar-refractivity contribution < 1.29 is 14.2 Å². The Hall–Kier alpha value is -1.79. The van der Waals surface area contributed by atoms with Crippen molar-refractivity contribution in [2.45, 2.75) is 39.7 Å². The summed E-state index contributed by atoms with van der Waals surface area (Å²) in [7, 11) is 1.67. The van der Waals surface area contributed by atoms with Crippen LogP contribution in [0.4, 0.5) is 0 Å². The van der Waals surface area contributed by atoms with Gasteiger partial charge in [-0.3, -0.25) is 0 Å². The van der Waals surface area contributed by atoms with Crippen LogP contribution in [-0.2, 0) is 16.0 Å². The normalized spacial score (nSPS) is 11.4. The van der Waals surface area contributed by atoms with Crippen LogP contribution in [0.15, 0.2) is 29.3 Å². The van der Waals surface area contributed by atoms with Gasteiger partial charge < -0.3 is 24.8 Å². The van der Waals surface area contributed by atoms with Crippen molar-refractivity contribution in [3.63, 3.8) is 0 Å². The Kier molecular flexibility index (Phi) is 13.2. The molecule has 0 aliphatic heterocycles. The van der Waals surface area contributed by atoms with Gasteiger partial charge in [0.15, 0.2) is 5.96 Å². The Morgan fingerprint density at radius 2 is 1.88 bits per heavy atom. The average molecular weight is 366 g/mol. The summed E-state index contributed by atoms with van der Waals surface area (Å²) in [6, 6.07) is 8.01. The smallest absolute Gasteiger partial charge is 0.191 e. The molecule has 1 rings (SSSR count). The van der Waals surface area contributed by atoms with Crippen LogP contribution in [0.1, 0.15) is 38.7 Å². The van der Waals surface area contributed by atoms with E-state index in [9.17, 15) is 0 Å².